The van der Waals surface area contributed by atoms with Gasteiger partial charge in [0.2, 0.25) is 0 Å². The van der Waals surface area contributed by atoms with E-state index in [-0.39, 0.29) is 0 Å². The molecule has 2 N–H and O–H groups in total. The maximum Gasteiger partial charge on any atom is 0.408 e. The lowest BCUT2D eigenvalue weighted by Gasteiger charge is -2.22. The Labute approximate surface area is 154 Å². The van der Waals surface area contributed by atoms with E-state index in [9.17, 15) is 14.7 Å². The van der Waals surface area contributed by atoms with Gasteiger partial charge in [-0.1, -0.05) is 12.1 Å². The summed E-state index contributed by atoms with van der Waals surface area (Å²) in [5.41, 5.74) is -0.240. The normalized spacial score (nSPS) is 16.1. The fraction of sp³-hybridized carbons (Fsp3) is 0.579. The van der Waals surface area contributed by atoms with Crippen LogP contribution in [0.5, 0.6) is 5.75 Å². The van der Waals surface area contributed by atoms with E-state index in [4.69, 9.17) is 9.47 Å². The molecule has 7 heteroatoms. The summed E-state index contributed by atoms with van der Waals surface area (Å²) in [6.45, 7) is 8.89. The first-order valence-electron chi connectivity index (χ1n) is 8.92. The van der Waals surface area contributed by atoms with Crippen LogP contribution < -0.4 is 10.1 Å². The Morgan fingerprint density at radius 3 is 2.35 bits per heavy atom. The summed E-state index contributed by atoms with van der Waals surface area (Å²) in [5.74, 6) is -0.479. The van der Waals surface area contributed by atoms with Gasteiger partial charge in [-0.2, -0.15) is 0 Å². The minimum absolute atomic E-state index is 0.454. The fourth-order valence-corrected chi connectivity index (χ4v) is 2.77. The molecule has 1 saturated heterocycles. The molecule has 26 heavy (non-hydrogen) atoms. The van der Waals surface area contributed by atoms with Crippen LogP contribution in [0.25, 0.3) is 0 Å². The van der Waals surface area contributed by atoms with Crippen LogP contribution in [-0.4, -0.2) is 53.9 Å². The summed E-state index contributed by atoms with van der Waals surface area (Å²) in [5, 5.41) is 11.8. The number of hydrogen-bond acceptors (Lipinski definition) is 5. The van der Waals surface area contributed by atoms with Crippen LogP contribution in [0.2, 0.25) is 0 Å². The number of carboxylic acid groups (broad SMARTS) is 1. The number of carbonyl (C=O) groups is 2. The molecule has 1 aliphatic heterocycles. The molecule has 1 unspecified atom stereocenters. The molecule has 1 fully saturated rings. The summed E-state index contributed by atoms with van der Waals surface area (Å²) < 4.78 is 10.8. The number of nitrogens with one attached hydrogen (secondary N) is 1. The largest absolute Gasteiger partial charge is 0.492 e. The first-order chi connectivity index (χ1) is 12.2. The average molecular weight is 364 g/mol. The van der Waals surface area contributed by atoms with Crippen molar-refractivity contribution in [2.24, 2.45) is 0 Å². The topological polar surface area (TPSA) is 88.1 Å². The molecule has 1 amide bonds. The van der Waals surface area contributed by atoms with Gasteiger partial charge < -0.3 is 19.9 Å². The molecule has 0 bridgehead atoms. The van der Waals surface area contributed by atoms with Gasteiger partial charge in [0.1, 0.15) is 18.0 Å². The van der Waals surface area contributed by atoms with Crippen LogP contribution in [0.1, 0.15) is 45.2 Å². The number of likely N-dealkylation sites (tertiary alicyclic amines) is 1. The number of aliphatic carboxylic acids is 1. The highest BCUT2D eigenvalue weighted by atomic mass is 16.6. The molecule has 0 radical (unpaired) electrons. The molecule has 1 heterocycles. The zero-order valence-corrected chi connectivity index (χ0v) is 15.7. The predicted octanol–water partition coefficient (Wildman–Crippen LogP) is 2.81. The molecule has 0 aliphatic carbocycles. The van der Waals surface area contributed by atoms with Crippen molar-refractivity contribution < 1.29 is 24.2 Å². The van der Waals surface area contributed by atoms with Gasteiger partial charge in [0.15, 0.2) is 6.04 Å². The number of alkyl carbamates (subject to hydrolysis) is 1. The van der Waals surface area contributed by atoms with E-state index in [1.165, 1.54) is 12.8 Å². The van der Waals surface area contributed by atoms with Gasteiger partial charge in [0.05, 0.1) is 0 Å². The Bertz CT molecular complexity index is 603. The summed E-state index contributed by atoms with van der Waals surface area (Å²) in [7, 11) is 0. The third kappa shape index (κ3) is 6.55. The Kier molecular flexibility index (Phi) is 6.85. The van der Waals surface area contributed by atoms with E-state index >= 15 is 0 Å². The number of carboxylic acids is 1. The second kappa shape index (κ2) is 8.89. The highest BCUT2D eigenvalue weighted by Gasteiger charge is 2.25. The number of amides is 1. The molecule has 1 aromatic rings. The molecule has 2 rings (SSSR count). The highest BCUT2D eigenvalue weighted by molar-refractivity contribution is 5.81. The molecular weight excluding hydrogens is 336 g/mol. The number of ether oxygens (including phenoxy) is 2. The van der Waals surface area contributed by atoms with Crippen molar-refractivity contribution in [3.63, 3.8) is 0 Å². The molecule has 0 spiro atoms. The van der Waals surface area contributed by atoms with E-state index in [1.54, 1.807) is 45.0 Å². The van der Waals surface area contributed by atoms with Crippen LogP contribution in [-0.2, 0) is 9.53 Å². The number of carbonyl (C=O) groups excluding carboxylic acids is 1. The smallest absolute Gasteiger partial charge is 0.408 e. The summed E-state index contributed by atoms with van der Waals surface area (Å²) >= 11 is 0. The first kappa shape index (κ1) is 20.0. The van der Waals surface area contributed by atoms with E-state index in [0.717, 1.165) is 19.6 Å². The highest BCUT2D eigenvalue weighted by Crippen LogP contribution is 2.19. The van der Waals surface area contributed by atoms with E-state index in [1.807, 2.05) is 0 Å². The van der Waals surface area contributed by atoms with E-state index in [0.29, 0.717) is 17.9 Å². The Morgan fingerprint density at radius 2 is 1.81 bits per heavy atom. The summed E-state index contributed by atoms with van der Waals surface area (Å²) in [6.07, 6.45) is 1.72. The molecule has 1 aromatic carbocycles. The first-order valence-corrected chi connectivity index (χ1v) is 8.92. The molecule has 1 aliphatic rings. The average Bonchev–Trinajstić information content (AvgIpc) is 3.05. The van der Waals surface area contributed by atoms with Gasteiger partial charge >= 0.3 is 12.1 Å². The lowest BCUT2D eigenvalue weighted by molar-refractivity contribution is -0.139. The molecule has 1 atom stereocenters. The Morgan fingerprint density at radius 1 is 1.19 bits per heavy atom. The minimum Gasteiger partial charge on any atom is -0.492 e. The van der Waals surface area contributed by atoms with Gasteiger partial charge in [-0.15, -0.1) is 0 Å². The Hall–Kier alpha value is -2.28. The van der Waals surface area contributed by atoms with E-state index < -0.39 is 23.7 Å². The van der Waals surface area contributed by atoms with Crippen molar-refractivity contribution in [3.05, 3.63) is 29.8 Å². The van der Waals surface area contributed by atoms with Crippen molar-refractivity contribution in [3.8, 4) is 5.75 Å². The third-order valence-corrected chi connectivity index (χ3v) is 4.00. The van der Waals surface area contributed by atoms with Crippen LogP contribution in [0, 0.1) is 0 Å². The van der Waals surface area contributed by atoms with Gasteiger partial charge in [-0.25, -0.2) is 9.59 Å². The van der Waals surface area contributed by atoms with Crippen LogP contribution in [0.4, 0.5) is 4.79 Å². The van der Waals surface area contributed by atoms with Crippen LogP contribution >= 0.6 is 0 Å². The van der Waals surface area contributed by atoms with Crippen molar-refractivity contribution in [2.75, 3.05) is 26.2 Å². The van der Waals surface area contributed by atoms with Crippen molar-refractivity contribution in [1.82, 2.24) is 10.2 Å². The zero-order chi connectivity index (χ0) is 19.2. The molecule has 144 valence electrons. The van der Waals surface area contributed by atoms with Gasteiger partial charge in [0, 0.05) is 6.54 Å². The summed E-state index contributed by atoms with van der Waals surface area (Å²) in [4.78, 5) is 25.7. The number of rotatable bonds is 7. The molecule has 0 aromatic heterocycles. The maximum absolute atomic E-state index is 11.9. The Balaban J connectivity index is 1.90. The molecule has 7 nitrogen and oxygen atoms in total. The number of nitrogens with zero attached hydrogens (tertiary/aromatic N) is 1. The van der Waals surface area contributed by atoms with Crippen LogP contribution in [0.3, 0.4) is 0 Å². The standard InChI is InChI=1S/C19H28N2O5/c1-19(2,3)26-18(24)20-16(17(22)23)14-6-8-15(9-7-14)25-13-12-21-10-4-5-11-21/h6-9,16H,4-5,10-13H2,1-3H3,(H,20,24)(H,22,23). The lowest BCUT2D eigenvalue weighted by Crippen LogP contribution is -2.38. The SMILES string of the molecule is CC(C)(C)OC(=O)NC(C(=O)O)c1ccc(OCCN2CCCC2)cc1. The second-order valence-corrected chi connectivity index (χ2v) is 7.38. The van der Waals surface area contributed by atoms with Crippen molar-refractivity contribution in [2.45, 2.75) is 45.3 Å². The van der Waals surface area contributed by atoms with E-state index in [2.05, 4.69) is 10.2 Å². The second-order valence-electron chi connectivity index (χ2n) is 7.38. The van der Waals surface area contributed by atoms with Gasteiger partial charge in [-0.05, 0) is 64.4 Å². The molecule has 0 saturated carbocycles. The van der Waals surface area contributed by atoms with Gasteiger partial charge in [0.25, 0.3) is 0 Å². The summed E-state index contributed by atoms with van der Waals surface area (Å²) in [6, 6.07) is 5.53. The monoisotopic (exact) mass is 364 g/mol. The fourth-order valence-electron chi connectivity index (χ4n) is 2.77. The van der Waals surface area contributed by atoms with Gasteiger partial charge in [-0.3, -0.25) is 4.90 Å². The zero-order valence-electron chi connectivity index (χ0n) is 15.7. The van der Waals surface area contributed by atoms with Crippen molar-refractivity contribution >= 4 is 12.1 Å². The quantitative estimate of drug-likeness (QED) is 0.773. The number of hydrogen-bond donors (Lipinski definition) is 2. The minimum atomic E-state index is -1.18. The maximum atomic E-state index is 11.9. The van der Waals surface area contributed by atoms with Crippen LogP contribution in [0.15, 0.2) is 24.3 Å². The lowest BCUT2D eigenvalue weighted by atomic mass is 10.1. The third-order valence-electron chi connectivity index (χ3n) is 4.00. The number of benzene rings is 1. The van der Waals surface area contributed by atoms with Crippen molar-refractivity contribution in [1.29, 1.82) is 0 Å². The molecular formula is C19H28N2O5. The predicted molar refractivity (Wildman–Crippen MR) is 97.4 cm³/mol.